The normalized spacial score (nSPS) is 11.2. The Morgan fingerprint density at radius 1 is 1.12 bits per heavy atom. The monoisotopic (exact) mass is 362 g/mol. The Morgan fingerprint density at radius 2 is 1.83 bits per heavy atom. The summed E-state index contributed by atoms with van der Waals surface area (Å²) < 4.78 is 0.0696. The molecule has 2 rings (SSSR count). The summed E-state index contributed by atoms with van der Waals surface area (Å²) in [6, 6.07) is 15.6. The average Bonchev–Trinajstić information content (AvgIpc) is 2.52. The Bertz CT molecular complexity index is 684. The summed E-state index contributed by atoms with van der Waals surface area (Å²) in [5.74, 6) is 0.408. The maximum atomic E-state index is 12.0. The summed E-state index contributed by atoms with van der Waals surface area (Å²) in [7, 11) is 0. The van der Waals surface area contributed by atoms with Crippen LogP contribution in [-0.4, -0.2) is 16.4 Å². The first-order valence-corrected chi connectivity index (χ1v) is 9.21. The second-order valence-corrected chi connectivity index (χ2v) is 8.69. The van der Waals surface area contributed by atoms with Crippen molar-refractivity contribution in [3.8, 4) is 0 Å². The standard InChI is InChI=1S/C19H23ClN2OS/c1-19(2,3)24-13-18(23)22-15-9-10-17(16(20)11-15)21-12-14-7-5-4-6-8-14/h4-11,21H,12-13H2,1-3H3,(H,22,23). The van der Waals surface area contributed by atoms with E-state index < -0.39 is 0 Å². The van der Waals surface area contributed by atoms with Crippen LogP contribution in [0.5, 0.6) is 0 Å². The van der Waals surface area contributed by atoms with E-state index in [4.69, 9.17) is 11.6 Å². The van der Waals surface area contributed by atoms with E-state index in [1.165, 1.54) is 5.56 Å². The summed E-state index contributed by atoms with van der Waals surface area (Å²) in [6.45, 7) is 6.98. The minimum Gasteiger partial charge on any atom is -0.380 e. The van der Waals surface area contributed by atoms with Gasteiger partial charge in [-0.05, 0) is 23.8 Å². The fraction of sp³-hybridized carbons (Fsp3) is 0.316. The van der Waals surface area contributed by atoms with E-state index in [0.717, 1.165) is 5.69 Å². The molecule has 3 nitrogen and oxygen atoms in total. The van der Waals surface area contributed by atoms with Crippen molar-refractivity contribution in [2.45, 2.75) is 32.1 Å². The number of carbonyl (C=O) groups is 1. The van der Waals surface area contributed by atoms with Crippen LogP contribution in [0, 0.1) is 0 Å². The molecular weight excluding hydrogens is 340 g/mol. The maximum absolute atomic E-state index is 12.0. The van der Waals surface area contributed by atoms with Gasteiger partial charge in [0.2, 0.25) is 5.91 Å². The van der Waals surface area contributed by atoms with Crippen LogP contribution in [0.15, 0.2) is 48.5 Å². The van der Waals surface area contributed by atoms with Crippen molar-refractivity contribution in [3.05, 3.63) is 59.1 Å². The molecule has 2 N–H and O–H groups in total. The van der Waals surface area contributed by atoms with Gasteiger partial charge in [0.1, 0.15) is 0 Å². The molecule has 1 amide bonds. The van der Waals surface area contributed by atoms with E-state index >= 15 is 0 Å². The predicted molar refractivity (Wildman–Crippen MR) is 106 cm³/mol. The van der Waals surface area contributed by atoms with Gasteiger partial charge in [-0.1, -0.05) is 62.7 Å². The second kappa shape index (κ2) is 8.45. The summed E-state index contributed by atoms with van der Waals surface area (Å²) in [6.07, 6.45) is 0. The molecule has 0 aliphatic heterocycles. The lowest BCUT2D eigenvalue weighted by Crippen LogP contribution is -2.18. The molecule has 0 atom stereocenters. The Kier molecular flexibility index (Phi) is 6.58. The number of thioether (sulfide) groups is 1. The minimum absolute atomic E-state index is 0.0176. The lowest BCUT2D eigenvalue weighted by molar-refractivity contribution is -0.113. The van der Waals surface area contributed by atoms with E-state index in [-0.39, 0.29) is 10.7 Å². The fourth-order valence-corrected chi connectivity index (χ4v) is 2.89. The topological polar surface area (TPSA) is 41.1 Å². The van der Waals surface area contributed by atoms with Crippen LogP contribution in [0.4, 0.5) is 11.4 Å². The number of amides is 1. The van der Waals surface area contributed by atoms with Crippen molar-refractivity contribution in [1.82, 2.24) is 0 Å². The fourth-order valence-electron chi connectivity index (χ4n) is 2.01. The lowest BCUT2D eigenvalue weighted by Gasteiger charge is -2.17. The third-order valence-electron chi connectivity index (χ3n) is 3.21. The SMILES string of the molecule is CC(C)(C)SCC(=O)Nc1ccc(NCc2ccccc2)c(Cl)c1. The highest BCUT2D eigenvalue weighted by Crippen LogP contribution is 2.27. The van der Waals surface area contributed by atoms with Gasteiger partial charge in [-0.3, -0.25) is 4.79 Å². The van der Waals surface area contributed by atoms with Gasteiger partial charge < -0.3 is 10.6 Å². The van der Waals surface area contributed by atoms with Crippen LogP contribution in [0.1, 0.15) is 26.3 Å². The molecule has 0 spiro atoms. The van der Waals surface area contributed by atoms with Crippen molar-refractivity contribution in [1.29, 1.82) is 0 Å². The molecular formula is C19H23ClN2OS. The lowest BCUT2D eigenvalue weighted by atomic mass is 10.2. The summed E-state index contributed by atoms with van der Waals surface area (Å²) in [5.41, 5.74) is 2.75. The molecule has 128 valence electrons. The number of carbonyl (C=O) groups excluding carboxylic acids is 1. The molecule has 2 aromatic rings. The molecule has 24 heavy (non-hydrogen) atoms. The maximum Gasteiger partial charge on any atom is 0.234 e. The van der Waals surface area contributed by atoms with Crippen LogP contribution in [0.2, 0.25) is 5.02 Å². The number of hydrogen-bond donors (Lipinski definition) is 2. The highest BCUT2D eigenvalue weighted by atomic mass is 35.5. The number of halogens is 1. The van der Waals surface area contributed by atoms with Gasteiger partial charge in [0.05, 0.1) is 16.5 Å². The zero-order valence-corrected chi connectivity index (χ0v) is 15.8. The molecule has 2 aromatic carbocycles. The molecule has 0 saturated heterocycles. The molecule has 0 aromatic heterocycles. The molecule has 5 heteroatoms. The van der Waals surface area contributed by atoms with E-state index in [0.29, 0.717) is 23.0 Å². The van der Waals surface area contributed by atoms with Crippen LogP contribution >= 0.6 is 23.4 Å². The van der Waals surface area contributed by atoms with Crippen LogP contribution in [-0.2, 0) is 11.3 Å². The quantitative estimate of drug-likeness (QED) is 0.720. The van der Waals surface area contributed by atoms with Crippen molar-refractivity contribution >= 4 is 40.6 Å². The second-order valence-electron chi connectivity index (χ2n) is 6.48. The predicted octanol–water partition coefficient (Wildman–Crippen LogP) is 5.42. The zero-order valence-electron chi connectivity index (χ0n) is 14.2. The smallest absolute Gasteiger partial charge is 0.234 e. The molecule has 0 radical (unpaired) electrons. The summed E-state index contributed by atoms with van der Waals surface area (Å²) in [5, 5.41) is 6.78. The van der Waals surface area contributed by atoms with Gasteiger partial charge in [0.25, 0.3) is 0 Å². The Balaban J connectivity index is 1.90. The number of hydrogen-bond acceptors (Lipinski definition) is 3. The average molecular weight is 363 g/mol. The van der Waals surface area contributed by atoms with Gasteiger partial charge >= 0.3 is 0 Å². The molecule has 0 fully saturated rings. The molecule has 0 aliphatic rings. The Morgan fingerprint density at radius 3 is 2.46 bits per heavy atom. The highest BCUT2D eigenvalue weighted by Gasteiger charge is 2.13. The highest BCUT2D eigenvalue weighted by molar-refractivity contribution is 8.01. The van der Waals surface area contributed by atoms with Crippen molar-refractivity contribution in [2.75, 3.05) is 16.4 Å². The van der Waals surface area contributed by atoms with Crippen LogP contribution < -0.4 is 10.6 Å². The van der Waals surface area contributed by atoms with Crippen LogP contribution in [0.3, 0.4) is 0 Å². The number of nitrogens with one attached hydrogen (secondary N) is 2. The molecule has 0 unspecified atom stereocenters. The van der Waals surface area contributed by atoms with Gasteiger partial charge in [-0.25, -0.2) is 0 Å². The van der Waals surface area contributed by atoms with E-state index in [1.807, 2.05) is 30.3 Å². The number of rotatable bonds is 6. The summed E-state index contributed by atoms with van der Waals surface area (Å²) in [4.78, 5) is 12.0. The Hall–Kier alpha value is -1.65. The van der Waals surface area contributed by atoms with Crippen molar-refractivity contribution < 1.29 is 4.79 Å². The minimum atomic E-state index is -0.0176. The first-order valence-electron chi connectivity index (χ1n) is 7.85. The third kappa shape index (κ3) is 6.46. The van der Waals surface area contributed by atoms with Gasteiger partial charge in [0, 0.05) is 17.0 Å². The Labute approximate surface area is 153 Å². The number of benzene rings is 2. The van der Waals surface area contributed by atoms with E-state index in [2.05, 4.69) is 43.5 Å². The van der Waals surface area contributed by atoms with Gasteiger partial charge in [-0.15, -0.1) is 11.8 Å². The third-order valence-corrected chi connectivity index (χ3v) is 4.80. The molecule has 0 heterocycles. The van der Waals surface area contributed by atoms with E-state index in [9.17, 15) is 4.79 Å². The molecule has 0 aliphatic carbocycles. The number of anilines is 2. The molecule has 0 saturated carbocycles. The summed E-state index contributed by atoms with van der Waals surface area (Å²) >= 11 is 7.93. The van der Waals surface area contributed by atoms with Crippen molar-refractivity contribution in [2.24, 2.45) is 0 Å². The molecule has 0 bridgehead atoms. The van der Waals surface area contributed by atoms with Gasteiger partial charge in [-0.2, -0.15) is 0 Å². The van der Waals surface area contributed by atoms with E-state index in [1.54, 1.807) is 17.8 Å². The van der Waals surface area contributed by atoms with Crippen molar-refractivity contribution in [3.63, 3.8) is 0 Å². The largest absolute Gasteiger partial charge is 0.380 e. The first kappa shape index (κ1) is 18.7. The first-order chi connectivity index (χ1) is 11.3. The van der Waals surface area contributed by atoms with Gasteiger partial charge in [0.15, 0.2) is 0 Å². The van der Waals surface area contributed by atoms with Crippen LogP contribution in [0.25, 0.3) is 0 Å². The zero-order chi connectivity index (χ0) is 17.6.